The van der Waals surface area contributed by atoms with Gasteiger partial charge in [0.2, 0.25) is 0 Å². The van der Waals surface area contributed by atoms with E-state index in [0.717, 1.165) is 22.0 Å². The van der Waals surface area contributed by atoms with Crippen molar-refractivity contribution in [2.75, 3.05) is 13.6 Å². The number of carbonyl (C=O) groups is 1. The zero-order valence-electron chi connectivity index (χ0n) is 10.6. The van der Waals surface area contributed by atoms with Crippen LogP contribution in [0.3, 0.4) is 0 Å². The van der Waals surface area contributed by atoms with Gasteiger partial charge in [-0.1, -0.05) is 6.42 Å². The minimum absolute atomic E-state index is 0.108. The summed E-state index contributed by atoms with van der Waals surface area (Å²) in [6, 6.07) is 8.04. The van der Waals surface area contributed by atoms with Gasteiger partial charge >= 0.3 is 0 Å². The van der Waals surface area contributed by atoms with Gasteiger partial charge in [0.15, 0.2) is 0 Å². The second kappa shape index (κ2) is 6.02. The predicted octanol–water partition coefficient (Wildman–Crippen LogP) is 2.49. The average molecular weight is 358 g/mol. The van der Waals surface area contributed by atoms with Crippen LogP contribution in [0.25, 0.3) is 0 Å². The van der Waals surface area contributed by atoms with Crippen LogP contribution in [0.2, 0.25) is 0 Å². The number of carbonyl (C=O) groups excluding carboxylic acids is 1. The summed E-state index contributed by atoms with van der Waals surface area (Å²) in [5.74, 6) is 0.569. The van der Waals surface area contributed by atoms with Crippen molar-refractivity contribution in [3.63, 3.8) is 0 Å². The van der Waals surface area contributed by atoms with Gasteiger partial charge in [-0.2, -0.15) is 0 Å². The predicted molar refractivity (Wildman–Crippen MR) is 81.4 cm³/mol. The molecule has 98 valence electrons. The topological polar surface area (TPSA) is 46.3 Å². The van der Waals surface area contributed by atoms with Crippen LogP contribution in [0.5, 0.6) is 0 Å². The first kappa shape index (κ1) is 13.8. The van der Waals surface area contributed by atoms with Crippen molar-refractivity contribution in [1.29, 1.82) is 0 Å². The summed E-state index contributed by atoms with van der Waals surface area (Å²) in [7, 11) is 1.90. The van der Waals surface area contributed by atoms with Gasteiger partial charge in [0.05, 0.1) is 0 Å². The quantitative estimate of drug-likeness (QED) is 0.844. The molecule has 1 aromatic rings. The van der Waals surface area contributed by atoms with E-state index in [1.54, 1.807) is 0 Å². The van der Waals surface area contributed by atoms with E-state index in [-0.39, 0.29) is 5.91 Å². The number of rotatable bonds is 3. The molecule has 0 heterocycles. The highest BCUT2D eigenvalue weighted by Gasteiger charge is 2.31. The summed E-state index contributed by atoms with van der Waals surface area (Å²) in [5.41, 5.74) is 6.55. The fourth-order valence-electron chi connectivity index (χ4n) is 2.75. The standard InChI is InChI=1S/C14H19IN2O/c1-17(13-4-2-3-11(13)9-16)14(18)10-5-7-12(15)8-6-10/h5-8,11,13H,2-4,9,16H2,1H3. The zero-order valence-corrected chi connectivity index (χ0v) is 12.8. The van der Waals surface area contributed by atoms with E-state index in [0.29, 0.717) is 18.5 Å². The van der Waals surface area contributed by atoms with Gasteiger partial charge in [0.1, 0.15) is 0 Å². The summed E-state index contributed by atoms with van der Waals surface area (Å²) in [5, 5.41) is 0. The molecule has 2 atom stereocenters. The van der Waals surface area contributed by atoms with Crippen LogP contribution >= 0.6 is 22.6 Å². The lowest BCUT2D eigenvalue weighted by atomic mass is 10.0. The van der Waals surface area contributed by atoms with Crippen LogP contribution < -0.4 is 5.73 Å². The average Bonchev–Trinajstić information content (AvgIpc) is 2.86. The smallest absolute Gasteiger partial charge is 0.253 e. The van der Waals surface area contributed by atoms with Crippen molar-refractivity contribution in [3.8, 4) is 0 Å². The Morgan fingerprint density at radius 3 is 2.67 bits per heavy atom. The Morgan fingerprint density at radius 2 is 2.06 bits per heavy atom. The highest BCUT2D eigenvalue weighted by Crippen LogP contribution is 2.29. The van der Waals surface area contributed by atoms with Crippen LogP contribution in [0.15, 0.2) is 24.3 Å². The molecule has 1 aliphatic carbocycles. The van der Waals surface area contributed by atoms with Crippen LogP contribution in [0.4, 0.5) is 0 Å². The fourth-order valence-corrected chi connectivity index (χ4v) is 3.11. The summed E-state index contributed by atoms with van der Waals surface area (Å²) in [4.78, 5) is 14.3. The SMILES string of the molecule is CN(C(=O)c1ccc(I)cc1)C1CCCC1CN. The summed E-state index contributed by atoms with van der Waals surface area (Å²) in [6.07, 6.45) is 3.40. The first-order valence-corrected chi connectivity index (χ1v) is 7.44. The molecule has 0 spiro atoms. The third-order valence-corrected chi connectivity index (χ3v) is 4.55. The van der Waals surface area contributed by atoms with Crippen molar-refractivity contribution in [1.82, 2.24) is 4.90 Å². The number of halogens is 1. The number of nitrogens with two attached hydrogens (primary N) is 1. The van der Waals surface area contributed by atoms with E-state index in [9.17, 15) is 4.79 Å². The lowest BCUT2D eigenvalue weighted by molar-refractivity contribution is 0.0700. The number of hydrogen-bond acceptors (Lipinski definition) is 2. The minimum Gasteiger partial charge on any atom is -0.338 e. The van der Waals surface area contributed by atoms with Crippen molar-refractivity contribution in [2.45, 2.75) is 25.3 Å². The molecule has 2 unspecified atom stereocenters. The molecular weight excluding hydrogens is 339 g/mol. The van der Waals surface area contributed by atoms with Crippen LogP contribution in [-0.2, 0) is 0 Å². The third kappa shape index (κ3) is 2.85. The van der Waals surface area contributed by atoms with Crippen LogP contribution in [-0.4, -0.2) is 30.4 Å². The monoisotopic (exact) mass is 358 g/mol. The number of benzene rings is 1. The maximum Gasteiger partial charge on any atom is 0.253 e. The Labute approximate surface area is 122 Å². The number of amides is 1. The van der Waals surface area contributed by atoms with E-state index in [2.05, 4.69) is 22.6 Å². The minimum atomic E-state index is 0.108. The molecule has 18 heavy (non-hydrogen) atoms. The first-order valence-electron chi connectivity index (χ1n) is 6.36. The van der Waals surface area contributed by atoms with E-state index in [4.69, 9.17) is 5.73 Å². The van der Waals surface area contributed by atoms with E-state index < -0.39 is 0 Å². The molecular formula is C14H19IN2O. The highest BCUT2D eigenvalue weighted by molar-refractivity contribution is 14.1. The van der Waals surface area contributed by atoms with Gasteiger partial charge in [-0.25, -0.2) is 0 Å². The van der Waals surface area contributed by atoms with Crippen molar-refractivity contribution >= 4 is 28.5 Å². The van der Waals surface area contributed by atoms with E-state index in [1.165, 1.54) is 6.42 Å². The molecule has 0 aliphatic heterocycles. The first-order chi connectivity index (χ1) is 8.63. The second-order valence-electron chi connectivity index (χ2n) is 4.92. The Balaban J connectivity index is 2.11. The number of nitrogens with zero attached hydrogens (tertiary/aromatic N) is 1. The molecule has 0 bridgehead atoms. The lowest BCUT2D eigenvalue weighted by Gasteiger charge is -2.29. The van der Waals surface area contributed by atoms with Gasteiger partial charge in [-0.15, -0.1) is 0 Å². The molecule has 1 fully saturated rings. The van der Waals surface area contributed by atoms with E-state index in [1.807, 2.05) is 36.2 Å². The molecule has 1 aromatic carbocycles. The summed E-state index contributed by atoms with van der Waals surface area (Å²) < 4.78 is 1.15. The third-order valence-electron chi connectivity index (χ3n) is 3.83. The molecule has 3 nitrogen and oxygen atoms in total. The van der Waals surface area contributed by atoms with E-state index >= 15 is 0 Å². The molecule has 1 saturated carbocycles. The Morgan fingerprint density at radius 1 is 1.39 bits per heavy atom. The molecule has 0 aromatic heterocycles. The van der Waals surface area contributed by atoms with Crippen molar-refractivity contribution < 1.29 is 4.79 Å². The Bertz CT molecular complexity index is 418. The molecule has 2 rings (SSSR count). The Kier molecular flexibility index (Phi) is 4.61. The molecule has 0 radical (unpaired) electrons. The fraction of sp³-hybridized carbons (Fsp3) is 0.500. The van der Waals surface area contributed by atoms with Gasteiger partial charge in [-0.3, -0.25) is 4.79 Å². The second-order valence-corrected chi connectivity index (χ2v) is 6.16. The molecule has 1 aliphatic rings. The Hall–Kier alpha value is -0.620. The molecule has 4 heteroatoms. The van der Waals surface area contributed by atoms with Gasteiger partial charge in [0, 0.05) is 22.2 Å². The van der Waals surface area contributed by atoms with Crippen molar-refractivity contribution in [3.05, 3.63) is 33.4 Å². The zero-order chi connectivity index (χ0) is 13.1. The largest absolute Gasteiger partial charge is 0.338 e. The molecule has 1 amide bonds. The molecule has 0 saturated heterocycles. The highest BCUT2D eigenvalue weighted by atomic mass is 127. The number of hydrogen-bond donors (Lipinski definition) is 1. The molecule has 2 N–H and O–H groups in total. The van der Waals surface area contributed by atoms with Crippen LogP contribution in [0, 0.1) is 9.49 Å². The van der Waals surface area contributed by atoms with Crippen LogP contribution in [0.1, 0.15) is 29.6 Å². The van der Waals surface area contributed by atoms with Gasteiger partial charge in [0.25, 0.3) is 5.91 Å². The normalized spacial score (nSPS) is 23.1. The van der Waals surface area contributed by atoms with Gasteiger partial charge < -0.3 is 10.6 Å². The summed E-state index contributed by atoms with van der Waals surface area (Å²) in [6.45, 7) is 0.676. The maximum atomic E-state index is 12.4. The maximum absolute atomic E-state index is 12.4. The lowest BCUT2D eigenvalue weighted by Crippen LogP contribution is -2.41. The van der Waals surface area contributed by atoms with Gasteiger partial charge in [-0.05, 0) is 72.2 Å². The summed E-state index contributed by atoms with van der Waals surface area (Å²) >= 11 is 2.24. The van der Waals surface area contributed by atoms with Crippen molar-refractivity contribution in [2.24, 2.45) is 11.7 Å².